The van der Waals surface area contributed by atoms with Crippen LogP contribution in [0.2, 0.25) is 0 Å². The molecule has 0 N–H and O–H groups in total. The lowest BCUT2D eigenvalue weighted by Crippen LogP contribution is -2.11. The minimum absolute atomic E-state index is 0.226. The van der Waals surface area contributed by atoms with E-state index in [1.165, 1.54) is 17.2 Å². The van der Waals surface area contributed by atoms with Gasteiger partial charge in [0.1, 0.15) is 16.9 Å². The molecule has 0 spiro atoms. The van der Waals surface area contributed by atoms with Gasteiger partial charge in [0.15, 0.2) is 0 Å². The summed E-state index contributed by atoms with van der Waals surface area (Å²) in [7, 11) is 4.00. The van der Waals surface area contributed by atoms with Gasteiger partial charge < -0.3 is 13.7 Å². The zero-order valence-corrected chi connectivity index (χ0v) is 17.0. The molecule has 0 fully saturated rings. The Kier molecular flexibility index (Phi) is 4.60. The predicted octanol–water partition coefficient (Wildman–Crippen LogP) is 5.70. The molecule has 2 aromatic heterocycles. The standard InChI is InChI=1S/C24H25NO3/c1-14(2)22-21(17-9-7-6-8-15(17)3)18-12-16-10-11-20(26)27-23(16)19(13-25(4)5)24(18)28-22/h6-12,14H,13H2,1-5H3. The number of aryl methyl sites for hydroxylation is 1. The Labute approximate surface area is 164 Å². The molecule has 2 heterocycles. The Morgan fingerprint density at radius 2 is 1.75 bits per heavy atom. The van der Waals surface area contributed by atoms with E-state index in [-0.39, 0.29) is 11.5 Å². The molecule has 144 valence electrons. The Bertz CT molecular complexity index is 1230. The van der Waals surface area contributed by atoms with E-state index in [0.29, 0.717) is 12.1 Å². The van der Waals surface area contributed by atoms with Crippen LogP contribution >= 0.6 is 0 Å². The molecule has 4 aromatic rings. The molecule has 28 heavy (non-hydrogen) atoms. The molecule has 4 nitrogen and oxygen atoms in total. The van der Waals surface area contributed by atoms with Crippen molar-refractivity contribution in [1.29, 1.82) is 0 Å². The van der Waals surface area contributed by atoms with Crippen molar-refractivity contribution < 1.29 is 8.83 Å². The third-order valence-electron chi connectivity index (χ3n) is 5.10. The molecule has 0 atom stereocenters. The lowest BCUT2D eigenvalue weighted by atomic mass is 9.93. The van der Waals surface area contributed by atoms with Crippen molar-refractivity contribution in [3.63, 3.8) is 0 Å². The number of benzene rings is 2. The van der Waals surface area contributed by atoms with Gasteiger partial charge in [0, 0.05) is 34.9 Å². The number of hydrogen-bond donors (Lipinski definition) is 0. The molecule has 0 radical (unpaired) electrons. The average Bonchev–Trinajstić information content (AvgIpc) is 3.01. The number of fused-ring (bicyclic) bond motifs is 2. The van der Waals surface area contributed by atoms with E-state index in [9.17, 15) is 4.79 Å². The van der Waals surface area contributed by atoms with Crippen LogP contribution in [0.25, 0.3) is 33.1 Å². The summed E-state index contributed by atoms with van der Waals surface area (Å²) < 4.78 is 12.1. The molecule has 0 unspecified atom stereocenters. The fraction of sp³-hybridized carbons (Fsp3) is 0.292. The van der Waals surface area contributed by atoms with Crippen LogP contribution in [-0.2, 0) is 6.54 Å². The molecule has 4 heteroatoms. The Morgan fingerprint density at radius 3 is 2.43 bits per heavy atom. The Hall–Kier alpha value is -2.85. The first-order valence-electron chi connectivity index (χ1n) is 9.59. The smallest absolute Gasteiger partial charge is 0.336 e. The highest BCUT2D eigenvalue weighted by atomic mass is 16.4. The first kappa shape index (κ1) is 18.5. The molecular formula is C24H25NO3. The lowest BCUT2D eigenvalue weighted by Gasteiger charge is -2.12. The quantitative estimate of drug-likeness (QED) is 0.429. The van der Waals surface area contributed by atoms with Crippen molar-refractivity contribution in [2.45, 2.75) is 33.2 Å². The normalized spacial score (nSPS) is 12.0. The molecule has 0 bridgehead atoms. The molecule has 0 aliphatic rings. The highest BCUT2D eigenvalue weighted by molar-refractivity contribution is 6.05. The Balaban J connectivity index is 2.18. The van der Waals surface area contributed by atoms with Crippen LogP contribution in [0, 0.1) is 6.92 Å². The van der Waals surface area contributed by atoms with Crippen LogP contribution in [-0.4, -0.2) is 19.0 Å². The largest absolute Gasteiger partial charge is 0.460 e. The van der Waals surface area contributed by atoms with E-state index < -0.39 is 0 Å². The van der Waals surface area contributed by atoms with E-state index in [1.54, 1.807) is 0 Å². The summed E-state index contributed by atoms with van der Waals surface area (Å²) in [6, 6.07) is 13.8. The van der Waals surface area contributed by atoms with E-state index in [2.05, 4.69) is 56.0 Å². The van der Waals surface area contributed by atoms with E-state index in [1.807, 2.05) is 20.2 Å². The molecular weight excluding hydrogens is 350 g/mol. The molecule has 0 aliphatic carbocycles. The van der Waals surface area contributed by atoms with Crippen molar-refractivity contribution in [3.8, 4) is 11.1 Å². The van der Waals surface area contributed by atoms with Gasteiger partial charge in [0.25, 0.3) is 0 Å². The summed E-state index contributed by atoms with van der Waals surface area (Å²) in [6.45, 7) is 7.04. The highest BCUT2D eigenvalue weighted by Gasteiger charge is 2.24. The molecule has 0 amide bonds. The molecule has 4 rings (SSSR count). The molecule has 0 saturated heterocycles. The zero-order valence-electron chi connectivity index (χ0n) is 17.0. The van der Waals surface area contributed by atoms with Gasteiger partial charge in [0.2, 0.25) is 0 Å². The van der Waals surface area contributed by atoms with E-state index >= 15 is 0 Å². The molecule has 0 aliphatic heterocycles. The van der Waals surface area contributed by atoms with Gasteiger partial charge in [-0.2, -0.15) is 0 Å². The van der Waals surface area contributed by atoms with Gasteiger partial charge >= 0.3 is 5.63 Å². The van der Waals surface area contributed by atoms with Crippen molar-refractivity contribution in [1.82, 2.24) is 4.90 Å². The van der Waals surface area contributed by atoms with Gasteiger partial charge in [-0.25, -0.2) is 4.79 Å². The van der Waals surface area contributed by atoms with Crippen molar-refractivity contribution in [3.05, 3.63) is 69.8 Å². The fourth-order valence-electron chi connectivity index (χ4n) is 3.86. The highest BCUT2D eigenvalue weighted by Crippen LogP contribution is 2.43. The zero-order chi connectivity index (χ0) is 20.0. The average molecular weight is 375 g/mol. The summed E-state index contributed by atoms with van der Waals surface area (Å²) in [5.41, 5.74) is 5.50. The first-order valence-corrected chi connectivity index (χ1v) is 9.59. The van der Waals surface area contributed by atoms with Crippen molar-refractivity contribution in [2.24, 2.45) is 0 Å². The minimum atomic E-state index is -0.346. The van der Waals surface area contributed by atoms with Crippen LogP contribution in [0.4, 0.5) is 0 Å². The molecule has 2 aromatic carbocycles. The van der Waals surface area contributed by atoms with Crippen LogP contribution in [0.5, 0.6) is 0 Å². The van der Waals surface area contributed by atoms with Gasteiger partial charge in [-0.1, -0.05) is 38.1 Å². The minimum Gasteiger partial charge on any atom is -0.460 e. The number of nitrogens with zero attached hydrogens (tertiary/aromatic N) is 1. The third-order valence-corrected chi connectivity index (χ3v) is 5.10. The van der Waals surface area contributed by atoms with E-state index in [4.69, 9.17) is 8.83 Å². The van der Waals surface area contributed by atoms with Gasteiger partial charge in [-0.05, 0) is 44.3 Å². The third kappa shape index (κ3) is 3.04. The van der Waals surface area contributed by atoms with Gasteiger partial charge in [0.05, 0.1) is 5.56 Å². The van der Waals surface area contributed by atoms with Crippen LogP contribution < -0.4 is 5.63 Å². The second kappa shape index (κ2) is 6.95. The van der Waals surface area contributed by atoms with Crippen LogP contribution in [0.3, 0.4) is 0 Å². The van der Waals surface area contributed by atoms with Crippen LogP contribution in [0.15, 0.2) is 56.1 Å². The monoisotopic (exact) mass is 375 g/mol. The molecule has 0 saturated carbocycles. The second-order valence-electron chi connectivity index (χ2n) is 7.95. The summed E-state index contributed by atoms with van der Waals surface area (Å²) in [5.74, 6) is 1.19. The summed E-state index contributed by atoms with van der Waals surface area (Å²) in [6.07, 6.45) is 0. The topological polar surface area (TPSA) is 46.6 Å². The van der Waals surface area contributed by atoms with Crippen molar-refractivity contribution in [2.75, 3.05) is 14.1 Å². The predicted molar refractivity (Wildman–Crippen MR) is 114 cm³/mol. The Morgan fingerprint density at radius 1 is 1.00 bits per heavy atom. The maximum Gasteiger partial charge on any atom is 0.336 e. The summed E-state index contributed by atoms with van der Waals surface area (Å²) >= 11 is 0. The van der Waals surface area contributed by atoms with Gasteiger partial charge in [-0.3, -0.25) is 0 Å². The maximum absolute atomic E-state index is 11.9. The SMILES string of the molecule is Cc1ccccc1-c1c(C(C)C)oc2c(CN(C)C)c3oc(=O)ccc3cc12. The van der Waals surface area contributed by atoms with Crippen LogP contribution in [0.1, 0.15) is 36.7 Å². The first-order chi connectivity index (χ1) is 13.4. The second-order valence-corrected chi connectivity index (χ2v) is 7.95. The summed E-state index contributed by atoms with van der Waals surface area (Å²) in [5, 5.41) is 1.98. The maximum atomic E-state index is 11.9. The van der Waals surface area contributed by atoms with Crippen molar-refractivity contribution >= 4 is 21.9 Å². The number of hydrogen-bond acceptors (Lipinski definition) is 4. The van der Waals surface area contributed by atoms with Gasteiger partial charge in [-0.15, -0.1) is 0 Å². The lowest BCUT2D eigenvalue weighted by molar-refractivity contribution is 0.397. The number of rotatable bonds is 4. The van der Waals surface area contributed by atoms with E-state index in [0.717, 1.165) is 33.2 Å². The fourth-order valence-corrected chi connectivity index (χ4v) is 3.86. The summed E-state index contributed by atoms with van der Waals surface area (Å²) in [4.78, 5) is 14.0. The number of furan rings is 1.